The van der Waals surface area contributed by atoms with Gasteiger partial charge in [0.25, 0.3) is 5.56 Å². The minimum Gasteiger partial charge on any atom is -0.497 e. The molecule has 31 heavy (non-hydrogen) atoms. The van der Waals surface area contributed by atoms with E-state index in [2.05, 4.69) is 24.1 Å². The van der Waals surface area contributed by atoms with Crippen LogP contribution in [0.2, 0.25) is 0 Å². The van der Waals surface area contributed by atoms with Gasteiger partial charge in [-0.05, 0) is 42.2 Å². The summed E-state index contributed by atoms with van der Waals surface area (Å²) in [6.45, 7) is 6.74. The molecule has 3 aromatic rings. The average molecular weight is 440 g/mol. The number of rotatable bonds is 9. The third kappa shape index (κ3) is 5.47. The first-order valence-corrected chi connectivity index (χ1v) is 11.5. The van der Waals surface area contributed by atoms with Crippen LogP contribution in [-0.4, -0.2) is 28.3 Å². The SMILES string of the molecule is CCCn1c(SCC(=O)NC(c2ccc(OC)cc2)C(C)C)nc2ccccc2c1=O. The van der Waals surface area contributed by atoms with Crippen molar-refractivity contribution in [1.29, 1.82) is 0 Å². The molecular weight excluding hydrogens is 410 g/mol. The molecule has 1 amide bonds. The van der Waals surface area contributed by atoms with Gasteiger partial charge in [0, 0.05) is 6.54 Å². The van der Waals surface area contributed by atoms with Crippen molar-refractivity contribution in [3.63, 3.8) is 0 Å². The van der Waals surface area contributed by atoms with Crippen LogP contribution >= 0.6 is 11.8 Å². The number of carbonyl (C=O) groups excluding carboxylic acids is 1. The molecule has 7 heteroatoms. The molecule has 0 bridgehead atoms. The zero-order valence-corrected chi connectivity index (χ0v) is 19.2. The second-order valence-corrected chi connectivity index (χ2v) is 8.66. The maximum absolute atomic E-state index is 12.9. The molecule has 0 saturated carbocycles. The summed E-state index contributed by atoms with van der Waals surface area (Å²) in [5.74, 6) is 1.10. The van der Waals surface area contributed by atoms with Gasteiger partial charge in [0.1, 0.15) is 5.75 Å². The number of carbonyl (C=O) groups is 1. The molecule has 1 unspecified atom stereocenters. The Balaban J connectivity index is 1.76. The van der Waals surface area contributed by atoms with Gasteiger partial charge >= 0.3 is 0 Å². The Morgan fingerprint density at radius 1 is 1.16 bits per heavy atom. The van der Waals surface area contributed by atoms with Gasteiger partial charge < -0.3 is 10.1 Å². The topological polar surface area (TPSA) is 73.2 Å². The third-order valence-corrected chi connectivity index (χ3v) is 6.04. The highest BCUT2D eigenvalue weighted by Crippen LogP contribution is 2.25. The lowest BCUT2D eigenvalue weighted by molar-refractivity contribution is -0.119. The van der Waals surface area contributed by atoms with Crippen LogP contribution in [0.4, 0.5) is 0 Å². The summed E-state index contributed by atoms with van der Waals surface area (Å²) in [5.41, 5.74) is 1.62. The van der Waals surface area contributed by atoms with E-state index in [-0.39, 0.29) is 29.2 Å². The van der Waals surface area contributed by atoms with Crippen molar-refractivity contribution in [2.24, 2.45) is 5.92 Å². The van der Waals surface area contributed by atoms with E-state index in [0.29, 0.717) is 22.6 Å². The lowest BCUT2D eigenvalue weighted by atomic mass is 9.96. The van der Waals surface area contributed by atoms with Gasteiger partial charge in [-0.1, -0.05) is 56.8 Å². The smallest absolute Gasteiger partial charge is 0.262 e. The zero-order chi connectivity index (χ0) is 22.4. The molecular formula is C24H29N3O3S. The van der Waals surface area contributed by atoms with Crippen LogP contribution in [0.1, 0.15) is 38.8 Å². The van der Waals surface area contributed by atoms with Crippen molar-refractivity contribution < 1.29 is 9.53 Å². The first-order chi connectivity index (χ1) is 14.9. The van der Waals surface area contributed by atoms with Crippen LogP contribution in [0, 0.1) is 5.92 Å². The molecule has 164 valence electrons. The molecule has 0 aliphatic carbocycles. The number of nitrogens with one attached hydrogen (secondary N) is 1. The van der Waals surface area contributed by atoms with Gasteiger partial charge in [0.05, 0.1) is 29.8 Å². The van der Waals surface area contributed by atoms with Crippen molar-refractivity contribution in [2.45, 2.75) is 44.9 Å². The van der Waals surface area contributed by atoms with Crippen LogP contribution < -0.4 is 15.6 Å². The Labute approximate surface area is 187 Å². The highest BCUT2D eigenvalue weighted by Gasteiger charge is 2.19. The Bertz CT molecular complexity index is 1090. The highest BCUT2D eigenvalue weighted by molar-refractivity contribution is 7.99. The molecule has 0 spiro atoms. The molecule has 2 aromatic carbocycles. The molecule has 1 N–H and O–H groups in total. The number of para-hydroxylation sites is 1. The van der Waals surface area contributed by atoms with Gasteiger partial charge in [0.2, 0.25) is 5.91 Å². The second kappa shape index (κ2) is 10.5. The van der Waals surface area contributed by atoms with Gasteiger partial charge in [-0.25, -0.2) is 4.98 Å². The molecule has 1 heterocycles. The highest BCUT2D eigenvalue weighted by atomic mass is 32.2. The summed E-state index contributed by atoms with van der Waals surface area (Å²) >= 11 is 1.30. The molecule has 3 rings (SSSR count). The van der Waals surface area contributed by atoms with Gasteiger partial charge in [-0.15, -0.1) is 0 Å². The number of hydrogen-bond donors (Lipinski definition) is 1. The van der Waals surface area contributed by atoms with E-state index in [0.717, 1.165) is 17.7 Å². The fraction of sp³-hybridized carbons (Fsp3) is 0.375. The summed E-state index contributed by atoms with van der Waals surface area (Å²) in [7, 11) is 1.63. The number of aromatic nitrogens is 2. The Morgan fingerprint density at radius 3 is 2.52 bits per heavy atom. The largest absolute Gasteiger partial charge is 0.497 e. The van der Waals surface area contributed by atoms with E-state index in [9.17, 15) is 9.59 Å². The second-order valence-electron chi connectivity index (χ2n) is 7.72. The van der Waals surface area contributed by atoms with Crippen molar-refractivity contribution >= 4 is 28.6 Å². The molecule has 0 radical (unpaired) electrons. The lowest BCUT2D eigenvalue weighted by Crippen LogP contribution is -2.33. The van der Waals surface area contributed by atoms with Crippen LogP contribution in [-0.2, 0) is 11.3 Å². The number of ether oxygens (including phenoxy) is 1. The van der Waals surface area contributed by atoms with E-state index >= 15 is 0 Å². The first-order valence-electron chi connectivity index (χ1n) is 10.5. The summed E-state index contributed by atoms with van der Waals surface area (Å²) in [6.07, 6.45) is 0.812. The summed E-state index contributed by atoms with van der Waals surface area (Å²) in [6, 6.07) is 15.0. The normalized spacial score (nSPS) is 12.2. The number of amides is 1. The molecule has 0 aliphatic heterocycles. The van der Waals surface area contributed by atoms with Gasteiger partial charge in [0.15, 0.2) is 5.16 Å². The minimum absolute atomic E-state index is 0.0614. The maximum atomic E-state index is 12.9. The lowest BCUT2D eigenvalue weighted by Gasteiger charge is -2.23. The van der Waals surface area contributed by atoms with E-state index in [4.69, 9.17) is 4.74 Å². The van der Waals surface area contributed by atoms with Crippen LogP contribution in [0.25, 0.3) is 10.9 Å². The van der Waals surface area contributed by atoms with E-state index in [1.807, 2.05) is 49.4 Å². The van der Waals surface area contributed by atoms with Crippen molar-refractivity contribution in [1.82, 2.24) is 14.9 Å². The number of methoxy groups -OCH3 is 1. The van der Waals surface area contributed by atoms with Crippen molar-refractivity contribution in [3.05, 3.63) is 64.4 Å². The third-order valence-electron chi connectivity index (χ3n) is 5.06. The van der Waals surface area contributed by atoms with Crippen LogP contribution in [0.3, 0.4) is 0 Å². The van der Waals surface area contributed by atoms with Crippen LogP contribution in [0.15, 0.2) is 58.5 Å². The number of nitrogens with zero attached hydrogens (tertiary/aromatic N) is 2. The summed E-state index contributed by atoms with van der Waals surface area (Å²) < 4.78 is 6.89. The maximum Gasteiger partial charge on any atom is 0.262 e. The number of hydrogen-bond acceptors (Lipinski definition) is 5. The standard InChI is InChI=1S/C24H29N3O3S/c1-5-14-27-23(29)19-8-6-7-9-20(19)25-24(27)31-15-21(28)26-22(16(2)3)17-10-12-18(30-4)13-11-17/h6-13,16,22H,5,14-15H2,1-4H3,(H,26,28). The Morgan fingerprint density at radius 2 is 1.87 bits per heavy atom. The molecule has 6 nitrogen and oxygen atoms in total. The van der Waals surface area contributed by atoms with Crippen molar-refractivity contribution in [3.8, 4) is 5.75 Å². The first kappa shape index (κ1) is 22.9. The van der Waals surface area contributed by atoms with E-state index in [1.165, 1.54) is 11.8 Å². The molecule has 1 atom stereocenters. The quantitative estimate of drug-likeness (QED) is 0.395. The predicted octanol–water partition coefficient (Wildman–Crippen LogP) is 4.42. The minimum atomic E-state index is -0.110. The fourth-order valence-corrected chi connectivity index (χ4v) is 4.31. The van der Waals surface area contributed by atoms with Crippen LogP contribution in [0.5, 0.6) is 5.75 Å². The van der Waals surface area contributed by atoms with E-state index < -0.39 is 0 Å². The number of fused-ring (bicyclic) bond motifs is 1. The molecule has 0 fully saturated rings. The number of benzene rings is 2. The number of thioether (sulfide) groups is 1. The zero-order valence-electron chi connectivity index (χ0n) is 18.4. The summed E-state index contributed by atoms with van der Waals surface area (Å²) in [4.78, 5) is 30.3. The van der Waals surface area contributed by atoms with Gasteiger partial charge in [-0.2, -0.15) is 0 Å². The Hall–Kier alpha value is -2.80. The molecule has 0 saturated heterocycles. The van der Waals surface area contributed by atoms with Gasteiger partial charge in [-0.3, -0.25) is 14.2 Å². The average Bonchev–Trinajstić information content (AvgIpc) is 2.78. The van der Waals surface area contributed by atoms with Crippen molar-refractivity contribution in [2.75, 3.05) is 12.9 Å². The monoisotopic (exact) mass is 439 g/mol. The molecule has 1 aromatic heterocycles. The molecule has 0 aliphatic rings. The Kier molecular flexibility index (Phi) is 7.74. The predicted molar refractivity (Wildman–Crippen MR) is 126 cm³/mol. The summed E-state index contributed by atoms with van der Waals surface area (Å²) in [5, 5.41) is 4.30. The fourth-order valence-electron chi connectivity index (χ4n) is 3.47. The van der Waals surface area contributed by atoms with E-state index in [1.54, 1.807) is 17.7 Å².